The minimum Gasteiger partial charge on any atom is -0.508 e. The van der Waals surface area contributed by atoms with Crippen molar-refractivity contribution in [3.05, 3.63) is 47.7 Å². The van der Waals surface area contributed by atoms with Crippen molar-refractivity contribution in [1.82, 2.24) is 25.2 Å². The van der Waals surface area contributed by atoms with Crippen LogP contribution in [0.15, 0.2) is 30.5 Å². The van der Waals surface area contributed by atoms with Crippen LogP contribution in [0.25, 0.3) is 32.9 Å². The van der Waals surface area contributed by atoms with Crippen molar-refractivity contribution in [3.63, 3.8) is 0 Å². The first-order valence-electron chi connectivity index (χ1n) is 16.1. The van der Waals surface area contributed by atoms with Crippen LogP contribution in [0.2, 0.25) is 0 Å². The van der Waals surface area contributed by atoms with Crippen molar-refractivity contribution in [1.29, 1.82) is 0 Å². The van der Waals surface area contributed by atoms with Crippen molar-refractivity contribution in [2.75, 3.05) is 37.7 Å². The molecule has 2 aromatic carbocycles. The summed E-state index contributed by atoms with van der Waals surface area (Å²) in [4.78, 5) is 30.5. The maximum atomic E-state index is 16.9. The van der Waals surface area contributed by atoms with Gasteiger partial charge in [-0.05, 0) is 62.2 Å². The first kappa shape index (κ1) is 29.8. The monoisotopic (exact) mass is 642 g/mol. The molecule has 0 aliphatic carbocycles. The smallest absolute Gasteiger partial charge is 0.319 e. The van der Waals surface area contributed by atoms with Gasteiger partial charge in [-0.3, -0.25) is 14.7 Å². The van der Waals surface area contributed by atoms with Crippen LogP contribution in [0.4, 0.5) is 19.0 Å². The highest BCUT2D eigenvalue weighted by atomic mass is 19.1. The van der Waals surface area contributed by atoms with E-state index in [4.69, 9.17) is 16.1 Å². The van der Waals surface area contributed by atoms with E-state index in [2.05, 4.69) is 31.0 Å². The van der Waals surface area contributed by atoms with Gasteiger partial charge in [0.05, 0.1) is 28.4 Å². The molecule has 1 spiro atoms. The van der Waals surface area contributed by atoms with Gasteiger partial charge in [0.25, 0.3) is 0 Å². The molecule has 9 nitrogen and oxygen atoms in total. The fourth-order valence-electron chi connectivity index (χ4n) is 8.36. The number of rotatable bonds is 5. The summed E-state index contributed by atoms with van der Waals surface area (Å²) in [6.07, 6.45) is 11.0. The molecule has 6 heterocycles. The minimum atomic E-state index is -0.950. The van der Waals surface area contributed by atoms with Crippen molar-refractivity contribution in [3.8, 4) is 35.4 Å². The number of pyridine rings is 1. The van der Waals surface area contributed by atoms with Crippen LogP contribution in [0.5, 0.6) is 11.8 Å². The number of piperidine rings is 1. The Labute approximate surface area is 269 Å². The van der Waals surface area contributed by atoms with Gasteiger partial charge in [0.15, 0.2) is 5.82 Å². The summed E-state index contributed by atoms with van der Waals surface area (Å²) < 4.78 is 52.6. The summed E-state index contributed by atoms with van der Waals surface area (Å²) in [7, 11) is 0. The number of carbonyl (C=O) groups is 1. The molecule has 12 heteroatoms. The zero-order valence-electron chi connectivity index (χ0n) is 25.7. The average molecular weight is 643 g/mol. The molecule has 0 bridgehead atoms. The van der Waals surface area contributed by atoms with Crippen LogP contribution in [0.3, 0.4) is 0 Å². The van der Waals surface area contributed by atoms with Crippen molar-refractivity contribution < 1.29 is 27.8 Å². The van der Waals surface area contributed by atoms with Crippen LogP contribution in [-0.2, 0) is 4.79 Å². The van der Waals surface area contributed by atoms with E-state index in [9.17, 15) is 18.7 Å². The molecule has 8 rings (SSSR count). The van der Waals surface area contributed by atoms with E-state index in [-0.39, 0.29) is 58.4 Å². The molecule has 4 aliphatic rings. The molecule has 2 N–H and O–H groups in total. The van der Waals surface area contributed by atoms with Gasteiger partial charge in [0, 0.05) is 43.2 Å². The predicted octanol–water partition coefficient (Wildman–Crippen LogP) is 5.01. The largest absolute Gasteiger partial charge is 0.508 e. The van der Waals surface area contributed by atoms with Gasteiger partial charge >= 0.3 is 6.01 Å². The van der Waals surface area contributed by atoms with Crippen LogP contribution in [-0.4, -0.2) is 80.9 Å². The van der Waals surface area contributed by atoms with E-state index in [0.717, 1.165) is 38.6 Å². The molecule has 0 saturated carbocycles. The lowest BCUT2D eigenvalue weighted by Crippen LogP contribution is -2.54. The Bertz CT molecular complexity index is 2000. The number of fused-ring (bicyclic) bond motifs is 3. The number of ether oxygens (including phenoxy) is 1. The molecule has 4 fully saturated rings. The average Bonchev–Trinajstić information content (AvgIpc) is 3.71. The van der Waals surface area contributed by atoms with Crippen molar-refractivity contribution in [2.24, 2.45) is 0 Å². The number of anilines is 1. The van der Waals surface area contributed by atoms with E-state index in [1.165, 1.54) is 30.5 Å². The fraction of sp³-hybridized carbons (Fsp3) is 0.429. The quantitative estimate of drug-likeness (QED) is 0.293. The highest BCUT2D eigenvalue weighted by molar-refractivity contribution is 6.03. The second kappa shape index (κ2) is 11.0. The molecule has 0 radical (unpaired) electrons. The summed E-state index contributed by atoms with van der Waals surface area (Å²) in [5, 5.41) is 14.5. The third-order valence-electron chi connectivity index (χ3n) is 10.5. The Morgan fingerprint density at radius 3 is 2.83 bits per heavy atom. The van der Waals surface area contributed by atoms with E-state index < -0.39 is 28.9 Å². The van der Waals surface area contributed by atoms with Crippen LogP contribution in [0.1, 0.15) is 50.5 Å². The number of nitrogens with zero attached hydrogens (tertiary/aromatic N) is 5. The zero-order valence-corrected chi connectivity index (χ0v) is 25.7. The molecule has 4 saturated heterocycles. The van der Waals surface area contributed by atoms with Gasteiger partial charge in [-0.15, -0.1) is 6.42 Å². The van der Waals surface area contributed by atoms with E-state index >= 15 is 4.39 Å². The second-order valence-electron chi connectivity index (χ2n) is 13.3. The lowest BCUT2D eigenvalue weighted by molar-refractivity contribution is -0.119. The van der Waals surface area contributed by atoms with E-state index in [0.29, 0.717) is 42.6 Å². The number of alkyl halides is 1. The summed E-state index contributed by atoms with van der Waals surface area (Å²) >= 11 is 0. The third kappa shape index (κ3) is 4.74. The molecule has 4 aromatic rings. The third-order valence-corrected chi connectivity index (χ3v) is 10.5. The zero-order chi connectivity index (χ0) is 32.5. The van der Waals surface area contributed by atoms with Gasteiger partial charge in [-0.1, -0.05) is 12.0 Å². The molecular formula is C35H33F3N6O3. The number of phenols is 1. The Balaban J connectivity index is 1.31. The summed E-state index contributed by atoms with van der Waals surface area (Å²) in [6, 6.07) is 5.32. The fourth-order valence-corrected chi connectivity index (χ4v) is 8.36. The number of carbonyl (C=O) groups excluding carboxylic acids is 1. The first-order valence-corrected chi connectivity index (χ1v) is 16.1. The number of benzene rings is 2. The number of aromatic hydroxyl groups is 1. The lowest BCUT2D eigenvalue weighted by atomic mass is 9.85. The standard InChI is InChI=1S/C35H33F3N6O3/c1-2-23-26(37)7-6-20-12-22(45)13-24(28(20)23)30-29(38)31-25(16-39-30)32(44-11-4-3-8-34(44)15-27(46)40-18-34)42-33(41-31)47-19-35-9-5-10-43(35)17-21(36)14-35/h1,6-7,12-13,16,21,45H,3-5,8-11,14-15,17-19H2,(H,40,46)/t21-,34-,35+/m1/s1. The van der Waals surface area contributed by atoms with Gasteiger partial charge in [-0.2, -0.15) is 9.97 Å². The normalized spacial score (nSPS) is 25.9. The van der Waals surface area contributed by atoms with Crippen LogP contribution in [0, 0.1) is 24.0 Å². The molecule has 2 aromatic heterocycles. The SMILES string of the molecule is C#Cc1c(F)ccc2cc(O)cc(-c3ncc4c(N5CCCC[C@@]56CNC(=O)C6)nc(OC[C@@]56CCCN5C[C@H](F)C6)nc4c3F)c12. The Hall–Kier alpha value is -4.63. The number of amides is 1. The molecule has 4 aliphatic heterocycles. The summed E-state index contributed by atoms with van der Waals surface area (Å²) in [6.45, 7) is 2.28. The van der Waals surface area contributed by atoms with Crippen molar-refractivity contribution in [2.45, 2.75) is 62.2 Å². The molecule has 1 amide bonds. The molecule has 3 atom stereocenters. The summed E-state index contributed by atoms with van der Waals surface area (Å²) in [5.74, 6) is 1.03. The molecule has 47 heavy (non-hydrogen) atoms. The number of terminal acetylenes is 1. The second-order valence-corrected chi connectivity index (χ2v) is 13.3. The number of halogens is 3. The van der Waals surface area contributed by atoms with E-state index in [1.807, 2.05) is 0 Å². The number of nitrogens with one attached hydrogen (secondary N) is 1. The maximum absolute atomic E-state index is 16.9. The predicted molar refractivity (Wildman–Crippen MR) is 170 cm³/mol. The minimum absolute atomic E-state index is 0.0620. The van der Waals surface area contributed by atoms with E-state index in [1.54, 1.807) is 0 Å². The van der Waals surface area contributed by atoms with Crippen LogP contribution < -0.4 is 15.0 Å². The Morgan fingerprint density at radius 1 is 1.15 bits per heavy atom. The number of phenolic OH excluding ortho intramolecular Hbond substituents is 1. The molecular weight excluding hydrogens is 609 g/mol. The van der Waals surface area contributed by atoms with Crippen LogP contribution >= 0.6 is 0 Å². The highest BCUT2D eigenvalue weighted by Crippen LogP contribution is 2.44. The first-order chi connectivity index (χ1) is 22.7. The highest BCUT2D eigenvalue weighted by Gasteiger charge is 2.50. The Kier molecular flexibility index (Phi) is 6.95. The Morgan fingerprint density at radius 2 is 2.02 bits per heavy atom. The van der Waals surface area contributed by atoms with Gasteiger partial charge in [0.2, 0.25) is 5.91 Å². The number of aromatic nitrogens is 3. The molecule has 242 valence electrons. The maximum Gasteiger partial charge on any atom is 0.319 e. The summed E-state index contributed by atoms with van der Waals surface area (Å²) in [5.41, 5.74) is -1.28. The lowest BCUT2D eigenvalue weighted by Gasteiger charge is -2.45. The number of hydrogen-bond acceptors (Lipinski definition) is 8. The van der Waals surface area contributed by atoms with Gasteiger partial charge in [-0.25, -0.2) is 13.2 Å². The van der Waals surface area contributed by atoms with Crippen molar-refractivity contribution >= 4 is 33.4 Å². The number of hydrogen-bond donors (Lipinski definition) is 2. The van der Waals surface area contributed by atoms with Gasteiger partial charge < -0.3 is 20.1 Å². The topological polar surface area (TPSA) is 104 Å². The van der Waals surface area contributed by atoms with Gasteiger partial charge in [0.1, 0.15) is 41.4 Å². The molecule has 0 unspecified atom stereocenters.